The fourth-order valence-electron chi connectivity index (χ4n) is 2.03. The highest BCUT2D eigenvalue weighted by atomic mass is 79.9. The fourth-order valence-corrected chi connectivity index (χ4v) is 2.31. The number of nitro groups is 1. The van der Waals surface area contributed by atoms with Crippen molar-refractivity contribution in [2.24, 2.45) is 0 Å². The monoisotopic (exact) mass is 323 g/mol. The van der Waals surface area contributed by atoms with Crippen LogP contribution < -0.4 is 0 Å². The van der Waals surface area contributed by atoms with Crippen LogP contribution in [0.1, 0.15) is 22.5 Å². The van der Waals surface area contributed by atoms with Crippen LogP contribution in [0.5, 0.6) is 0 Å². The van der Waals surface area contributed by atoms with Crippen molar-refractivity contribution in [1.29, 1.82) is 0 Å². The summed E-state index contributed by atoms with van der Waals surface area (Å²) in [6.07, 6.45) is 0. The molecule has 5 nitrogen and oxygen atoms in total. The molecule has 2 aromatic rings. The lowest BCUT2D eigenvalue weighted by atomic mass is 10.1. The third-order valence-electron chi connectivity index (χ3n) is 3.23. The fraction of sp³-hybridized carbons (Fsp3) is 0.308. The molecule has 0 N–H and O–H groups in total. The molecule has 100 valence electrons. The number of nitrogens with zero attached hydrogens (tertiary/aromatic N) is 3. The zero-order valence-electron chi connectivity index (χ0n) is 11.0. The molecule has 1 aromatic carbocycles. The van der Waals surface area contributed by atoms with Crippen LogP contribution in [0.3, 0.4) is 0 Å². The minimum absolute atomic E-state index is 0.151. The summed E-state index contributed by atoms with van der Waals surface area (Å²) in [6.45, 7) is 6.20. The zero-order chi connectivity index (χ0) is 14.2. The van der Waals surface area contributed by atoms with Crippen LogP contribution >= 0.6 is 15.9 Å². The molecule has 0 saturated carbocycles. The predicted molar refractivity (Wildman–Crippen MR) is 76.3 cm³/mol. The van der Waals surface area contributed by atoms with Crippen molar-refractivity contribution in [1.82, 2.24) is 9.78 Å². The Morgan fingerprint density at radius 2 is 2.05 bits per heavy atom. The van der Waals surface area contributed by atoms with Gasteiger partial charge in [0.05, 0.1) is 27.3 Å². The van der Waals surface area contributed by atoms with E-state index in [0.29, 0.717) is 12.1 Å². The number of aromatic nitrogens is 2. The number of rotatable bonds is 3. The maximum atomic E-state index is 10.9. The predicted octanol–water partition coefficient (Wildman–Crippen LogP) is 3.53. The van der Waals surface area contributed by atoms with Crippen LogP contribution in [-0.2, 0) is 6.54 Å². The first-order valence-electron chi connectivity index (χ1n) is 5.84. The van der Waals surface area contributed by atoms with Gasteiger partial charge in [0.15, 0.2) is 0 Å². The Bertz CT molecular complexity index is 650. The van der Waals surface area contributed by atoms with E-state index in [2.05, 4.69) is 21.0 Å². The molecule has 1 heterocycles. The van der Waals surface area contributed by atoms with Crippen molar-refractivity contribution in [3.05, 3.63) is 55.3 Å². The van der Waals surface area contributed by atoms with Crippen molar-refractivity contribution >= 4 is 21.6 Å². The third-order valence-corrected chi connectivity index (χ3v) is 4.38. The van der Waals surface area contributed by atoms with E-state index in [0.717, 1.165) is 21.4 Å². The standard InChI is InChI=1S/C13H14BrN3O2/c1-8-11(5-4-6-12(8)17(18)19)7-16-10(3)13(14)9(2)15-16/h4-6H,7H2,1-3H3. The van der Waals surface area contributed by atoms with Crippen LogP contribution in [0.4, 0.5) is 5.69 Å². The number of hydrogen-bond donors (Lipinski definition) is 0. The number of aryl methyl sites for hydroxylation is 1. The molecule has 19 heavy (non-hydrogen) atoms. The lowest BCUT2D eigenvalue weighted by Crippen LogP contribution is -2.06. The second kappa shape index (κ2) is 5.13. The van der Waals surface area contributed by atoms with E-state index in [1.807, 2.05) is 24.6 Å². The summed E-state index contributed by atoms with van der Waals surface area (Å²) in [4.78, 5) is 10.6. The molecule has 0 atom stereocenters. The Morgan fingerprint density at radius 3 is 2.58 bits per heavy atom. The van der Waals surface area contributed by atoms with Gasteiger partial charge in [-0.2, -0.15) is 5.10 Å². The normalized spacial score (nSPS) is 10.7. The minimum Gasteiger partial charge on any atom is -0.264 e. The van der Waals surface area contributed by atoms with Crippen molar-refractivity contribution < 1.29 is 4.92 Å². The third kappa shape index (κ3) is 2.53. The van der Waals surface area contributed by atoms with E-state index < -0.39 is 0 Å². The molecule has 0 spiro atoms. The Balaban J connectivity index is 2.41. The molecule has 0 radical (unpaired) electrons. The van der Waals surface area contributed by atoms with E-state index in [4.69, 9.17) is 0 Å². The first-order chi connectivity index (χ1) is 8.91. The Labute approximate surface area is 119 Å². The van der Waals surface area contributed by atoms with Gasteiger partial charge in [-0.15, -0.1) is 0 Å². The van der Waals surface area contributed by atoms with Gasteiger partial charge in [0.2, 0.25) is 0 Å². The molecule has 0 bridgehead atoms. The maximum absolute atomic E-state index is 10.9. The van der Waals surface area contributed by atoms with Crippen molar-refractivity contribution in [3.63, 3.8) is 0 Å². The molecule has 1 aromatic heterocycles. The van der Waals surface area contributed by atoms with Gasteiger partial charge >= 0.3 is 0 Å². The molecule has 0 fully saturated rings. The van der Waals surface area contributed by atoms with E-state index in [-0.39, 0.29) is 10.6 Å². The van der Waals surface area contributed by atoms with Gasteiger partial charge < -0.3 is 0 Å². The Kier molecular flexibility index (Phi) is 3.71. The lowest BCUT2D eigenvalue weighted by Gasteiger charge is -2.08. The second-order valence-electron chi connectivity index (χ2n) is 4.46. The molecule has 0 aliphatic heterocycles. The summed E-state index contributed by atoms with van der Waals surface area (Å²) in [5.74, 6) is 0. The van der Waals surface area contributed by atoms with Crippen LogP contribution in [0, 0.1) is 30.9 Å². The van der Waals surface area contributed by atoms with Gasteiger partial charge in [-0.25, -0.2) is 0 Å². The summed E-state index contributed by atoms with van der Waals surface area (Å²) >= 11 is 3.48. The van der Waals surface area contributed by atoms with Crippen LogP contribution in [0.2, 0.25) is 0 Å². The number of nitro benzene ring substituents is 1. The minimum atomic E-state index is -0.351. The van der Waals surface area contributed by atoms with Gasteiger partial charge in [-0.05, 0) is 42.3 Å². The zero-order valence-corrected chi connectivity index (χ0v) is 12.6. The van der Waals surface area contributed by atoms with E-state index >= 15 is 0 Å². The molecule has 0 saturated heterocycles. The first kappa shape index (κ1) is 13.7. The molecular weight excluding hydrogens is 310 g/mol. The number of halogens is 1. The lowest BCUT2D eigenvalue weighted by molar-refractivity contribution is -0.385. The number of hydrogen-bond acceptors (Lipinski definition) is 3. The average Bonchev–Trinajstić information content (AvgIpc) is 2.59. The van der Waals surface area contributed by atoms with Gasteiger partial charge in [-0.3, -0.25) is 14.8 Å². The summed E-state index contributed by atoms with van der Waals surface area (Å²) in [5, 5.41) is 15.3. The van der Waals surface area contributed by atoms with Gasteiger partial charge in [0.25, 0.3) is 5.69 Å². The SMILES string of the molecule is Cc1nn(Cc2cccc([N+](=O)[O-])c2C)c(C)c1Br. The molecule has 0 unspecified atom stereocenters. The van der Waals surface area contributed by atoms with Gasteiger partial charge in [0.1, 0.15) is 0 Å². The molecule has 6 heteroatoms. The molecular formula is C13H14BrN3O2. The summed E-state index contributed by atoms with van der Waals surface area (Å²) in [5.41, 5.74) is 3.69. The molecule has 0 aliphatic rings. The van der Waals surface area contributed by atoms with Crippen LogP contribution in [-0.4, -0.2) is 14.7 Å². The maximum Gasteiger partial charge on any atom is 0.272 e. The molecule has 0 amide bonds. The highest BCUT2D eigenvalue weighted by Gasteiger charge is 2.15. The topological polar surface area (TPSA) is 61.0 Å². The largest absolute Gasteiger partial charge is 0.272 e. The highest BCUT2D eigenvalue weighted by molar-refractivity contribution is 9.10. The van der Waals surface area contributed by atoms with Gasteiger partial charge in [0, 0.05) is 11.6 Å². The Morgan fingerprint density at radius 1 is 1.37 bits per heavy atom. The van der Waals surface area contributed by atoms with E-state index in [1.165, 1.54) is 6.07 Å². The summed E-state index contributed by atoms with van der Waals surface area (Å²) in [7, 11) is 0. The van der Waals surface area contributed by atoms with E-state index in [1.54, 1.807) is 13.0 Å². The quantitative estimate of drug-likeness (QED) is 0.641. The summed E-state index contributed by atoms with van der Waals surface area (Å²) in [6, 6.07) is 5.13. The smallest absolute Gasteiger partial charge is 0.264 e. The second-order valence-corrected chi connectivity index (χ2v) is 5.25. The average molecular weight is 324 g/mol. The van der Waals surface area contributed by atoms with Gasteiger partial charge in [-0.1, -0.05) is 12.1 Å². The van der Waals surface area contributed by atoms with Crippen LogP contribution in [0.15, 0.2) is 22.7 Å². The van der Waals surface area contributed by atoms with E-state index in [9.17, 15) is 10.1 Å². The first-order valence-corrected chi connectivity index (χ1v) is 6.63. The highest BCUT2D eigenvalue weighted by Crippen LogP contribution is 2.24. The van der Waals surface area contributed by atoms with Crippen molar-refractivity contribution in [2.75, 3.05) is 0 Å². The molecule has 2 rings (SSSR count). The van der Waals surface area contributed by atoms with Crippen molar-refractivity contribution in [2.45, 2.75) is 27.3 Å². The van der Waals surface area contributed by atoms with Crippen LogP contribution in [0.25, 0.3) is 0 Å². The van der Waals surface area contributed by atoms with Crippen molar-refractivity contribution in [3.8, 4) is 0 Å². The molecule has 0 aliphatic carbocycles. The summed E-state index contributed by atoms with van der Waals surface area (Å²) < 4.78 is 2.83. The Hall–Kier alpha value is -1.69. The number of benzene rings is 1.